The van der Waals surface area contributed by atoms with E-state index in [1.807, 2.05) is 36.0 Å². The van der Waals surface area contributed by atoms with E-state index in [2.05, 4.69) is 15.9 Å². The first-order valence-corrected chi connectivity index (χ1v) is 5.41. The Morgan fingerprint density at radius 3 is 2.93 bits per heavy atom. The number of nitrogens with two attached hydrogens (primary N) is 1. The Balaban J connectivity index is 2.80. The van der Waals surface area contributed by atoms with Crippen molar-refractivity contribution in [1.82, 2.24) is 4.57 Å². The zero-order valence-corrected chi connectivity index (χ0v) is 9.91. The molecule has 0 saturated heterocycles. The second kappa shape index (κ2) is 3.79. The van der Waals surface area contributed by atoms with Gasteiger partial charge in [0.15, 0.2) is 5.78 Å². The van der Waals surface area contributed by atoms with Gasteiger partial charge in [-0.25, -0.2) is 0 Å². The molecule has 15 heavy (non-hydrogen) atoms. The van der Waals surface area contributed by atoms with Crippen LogP contribution < -0.4 is 5.73 Å². The van der Waals surface area contributed by atoms with Gasteiger partial charge in [0.05, 0.1) is 6.54 Å². The molecule has 0 spiro atoms. The highest BCUT2D eigenvalue weighted by atomic mass is 79.9. The largest absolute Gasteiger partial charge is 0.349 e. The lowest BCUT2D eigenvalue weighted by atomic mass is 10.1. The van der Waals surface area contributed by atoms with E-state index in [4.69, 9.17) is 5.73 Å². The molecule has 2 rings (SSSR count). The van der Waals surface area contributed by atoms with E-state index >= 15 is 0 Å². The zero-order chi connectivity index (χ0) is 11.0. The lowest BCUT2D eigenvalue weighted by molar-refractivity contribution is 0.100. The summed E-state index contributed by atoms with van der Waals surface area (Å²) < 4.78 is 2.91. The quantitative estimate of drug-likeness (QED) is 0.847. The summed E-state index contributed by atoms with van der Waals surface area (Å²) in [4.78, 5) is 11.6. The predicted octanol–water partition coefficient (Wildman–Crippen LogP) is 2.08. The van der Waals surface area contributed by atoms with Crippen molar-refractivity contribution >= 4 is 32.6 Å². The fraction of sp³-hybridized carbons (Fsp3) is 0.182. The lowest BCUT2D eigenvalue weighted by Gasteiger charge is -2.01. The fourth-order valence-corrected chi connectivity index (χ4v) is 2.46. The molecule has 3 nitrogen and oxygen atoms in total. The molecule has 4 heteroatoms. The maximum Gasteiger partial charge on any atom is 0.177 e. The van der Waals surface area contributed by atoms with Gasteiger partial charge in [-0.15, -0.1) is 0 Å². The highest BCUT2D eigenvalue weighted by Gasteiger charge is 2.13. The number of aryl methyl sites for hydroxylation is 1. The predicted molar refractivity (Wildman–Crippen MR) is 64.0 cm³/mol. The van der Waals surface area contributed by atoms with Crippen molar-refractivity contribution < 1.29 is 4.79 Å². The van der Waals surface area contributed by atoms with Crippen LogP contribution in [-0.2, 0) is 7.05 Å². The number of halogens is 1. The third-order valence-electron chi connectivity index (χ3n) is 2.45. The van der Waals surface area contributed by atoms with Gasteiger partial charge in [0, 0.05) is 34.2 Å². The smallest absolute Gasteiger partial charge is 0.177 e. The summed E-state index contributed by atoms with van der Waals surface area (Å²) in [6.07, 6.45) is 1.94. The normalized spacial score (nSPS) is 10.9. The van der Waals surface area contributed by atoms with Crippen LogP contribution in [0.4, 0.5) is 0 Å². The summed E-state index contributed by atoms with van der Waals surface area (Å²) in [5.74, 6) is -0.0347. The van der Waals surface area contributed by atoms with Crippen LogP contribution in [-0.4, -0.2) is 16.9 Å². The summed E-state index contributed by atoms with van der Waals surface area (Å²) in [5.41, 5.74) is 7.09. The fourth-order valence-electron chi connectivity index (χ4n) is 1.73. The van der Waals surface area contributed by atoms with Gasteiger partial charge in [-0.1, -0.05) is 12.1 Å². The van der Waals surface area contributed by atoms with Crippen molar-refractivity contribution in [2.75, 3.05) is 6.54 Å². The maximum atomic E-state index is 11.6. The number of nitrogens with zero attached hydrogens (tertiary/aromatic N) is 1. The molecular weight excluding hydrogens is 256 g/mol. The monoisotopic (exact) mass is 266 g/mol. The zero-order valence-electron chi connectivity index (χ0n) is 8.33. The van der Waals surface area contributed by atoms with Crippen molar-refractivity contribution in [3.05, 3.63) is 34.4 Å². The Labute approximate surface area is 96.0 Å². The molecule has 0 saturated carbocycles. The molecule has 0 fully saturated rings. The van der Waals surface area contributed by atoms with Crippen LogP contribution in [0.5, 0.6) is 0 Å². The average Bonchev–Trinajstić information content (AvgIpc) is 2.54. The maximum absolute atomic E-state index is 11.6. The molecule has 78 valence electrons. The van der Waals surface area contributed by atoms with Gasteiger partial charge in [-0.3, -0.25) is 4.79 Å². The van der Waals surface area contributed by atoms with Crippen molar-refractivity contribution in [2.45, 2.75) is 0 Å². The number of rotatable bonds is 2. The summed E-state index contributed by atoms with van der Waals surface area (Å²) in [7, 11) is 1.95. The van der Waals surface area contributed by atoms with Crippen LogP contribution >= 0.6 is 15.9 Å². The SMILES string of the molecule is Cn1cc(Br)c2c(C(=O)CN)cccc21. The van der Waals surface area contributed by atoms with Gasteiger partial charge in [-0.2, -0.15) is 0 Å². The number of Topliss-reactive ketones (excluding diaryl/α,β-unsaturated/α-hetero) is 1. The van der Waals surface area contributed by atoms with E-state index in [-0.39, 0.29) is 12.3 Å². The van der Waals surface area contributed by atoms with E-state index in [1.54, 1.807) is 0 Å². The Morgan fingerprint density at radius 2 is 2.27 bits per heavy atom. The van der Waals surface area contributed by atoms with Gasteiger partial charge >= 0.3 is 0 Å². The van der Waals surface area contributed by atoms with Crippen molar-refractivity contribution in [3.8, 4) is 0 Å². The molecule has 0 bridgehead atoms. The molecular formula is C11H11BrN2O. The van der Waals surface area contributed by atoms with Gasteiger partial charge in [0.1, 0.15) is 0 Å². The van der Waals surface area contributed by atoms with E-state index < -0.39 is 0 Å². The highest BCUT2D eigenvalue weighted by Crippen LogP contribution is 2.28. The molecule has 1 heterocycles. The topological polar surface area (TPSA) is 48.0 Å². The van der Waals surface area contributed by atoms with Gasteiger partial charge in [0.25, 0.3) is 0 Å². The van der Waals surface area contributed by atoms with Crippen molar-refractivity contribution in [2.24, 2.45) is 12.8 Å². The van der Waals surface area contributed by atoms with E-state index in [1.165, 1.54) is 0 Å². The minimum absolute atomic E-state index is 0.0347. The van der Waals surface area contributed by atoms with E-state index in [9.17, 15) is 4.79 Å². The number of carbonyl (C=O) groups is 1. The number of hydrogen-bond acceptors (Lipinski definition) is 2. The van der Waals surface area contributed by atoms with Crippen LogP contribution in [0.1, 0.15) is 10.4 Å². The van der Waals surface area contributed by atoms with Crippen LogP contribution in [0.15, 0.2) is 28.9 Å². The Morgan fingerprint density at radius 1 is 1.53 bits per heavy atom. The van der Waals surface area contributed by atoms with Gasteiger partial charge < -0.3 is 10.3 Å². The molecule has 1 aromatic heterocycles. The first-order chi connectivity index (χ1) is 7.15. The lowest BCUT2D eigenvalue weighted by Crippen LogP contribution is -2.13. The molecule has 0 aliphatic carbocycles. The van der Waals surface area contributed by atoms with Gasteiger partial charge in [0.2, 0.25) is 0 Å². The minimum atomic E-state index is -0.0347. The van der Waals surface area contributed by atoms with Crippen molar-refractivity contribution in [1.29, 1.82) is 0 Å². The van der Waals surface area contributed by atoms with Crippen LogP contribution in [0.2, 0.25) is 0 Å². The number of fused-ring (bicyclic) bond motifs is 1. The Hall–Kier alpha value is -1.13. The third-order valence-corrected chi connectivity index (χ3v) is 3.06. The highest BCUT2D eigenvalue weighted by molar-refractivity contribution is 9.10. The number of carbonyl (C=O) groups excluding carboxylic acids is 1. The van der Waals surface area contributed by atoms with Crippen molar-refractivity contribution in [3.63, 3.8) is 0 Å². The number of benzene rings is 1. The van der Waals surface area contributed by atoms with Crippen LogP contribution in [0, 0.1) is 0 Å². The van der Waals surface area contributed by atoms with E-state index in [0.29, 0.717) is 5.56 Å². The second-order valence-electron chi connectivity index (χ2n) is 3.41. The Bertz CT molecular complexity index is 531. The molecule has 1 aromatic carbocycles. The molecule has 0 radical (unpaired) electrons. The molecule has 0 aliphatic heterocycles. The Kier molecular flexibility index (Phi) is 2.63. The molecule has 0 atom stereocenters. The third kappa shape index (κ3) is 1.60. The number of ketones is 1. The minimum Gasteiger partial charge on any atom is -0.349 e. The molecule has 0 amide bonds. The number of hydrogen-bond donors (Lipinski definition) is 1. The summed E-state index contributed by atoms with van der Waals surface area (Å²) in [6.45, 7) is 0.0421. The summed E-state index contributed by atoms with van der Waals surface area (Å²) in [5, 5.41) is 0.940. The molecule has 0 aliphatic rings. The first kappa shape index (κ1) is 10.4. The van der Waals surface area contributed by atoms with Gasteiger partial charge in [-0.05, 0) is 22.0 Å². The molecule has 2 N–H and O–H groups in total. The molecule has 2 aromatic rings. The van der Waals surface area contributed by atoms with E-state index in [0.717, 1.165) is 15.4 Å². The summed E-state index contributed by atoms with van der Waals surface area (Å²) >= 11 is 3.45. The summed E-state index contributed by atoms with van der Waals surface area (Å²) in [6, 6.07) is 5.66. The average molecular weight is 267 g/mol. The first-order valence-electron chi connectivity index (χ1n) is 4.62. The van der Waals surface area contributed by atoms with Crippen LogP contribution in [0.3, 0.4) is 0 Å². The standard InChI is InChI=1S/C11H11BrN2O/c1-14-6-8(12)11-7(10(15)5-13)3-2-4-9(11)14/h2-4,6H,5,13H2,1H3. The molecule has 0 unspecified atom stereocenters. The second-order valence-corrected chi connectivity index (χ2v) is 4.27. The number of aromatic nitrogens is 1. The van der Waals surface area contributed by atoms with Crippen LogP contribution in [0.25, 0.3) is 10.9 Å².